The van der Waals surface area contributed by atoms with E-state index in [1.165, 1.54) is 4.88 Å². The van der Waals surface area contributed by atoms with Gasteiger partial charge in [0.2, 0.25) is 5.91 Å². The molecule has 3 rings (SSSR count). The molecule has 0 unspecified atom stereocenters. The van der Waals surface area contributed by atoms with Crippen molar-refractivity contribution in [1.29, 1.82) is 0 Å². The van der Waals surface area contributed by atoms with Crippen molar-refractivity contribution in [3.63, 3.8) is 0 Å². The Hall–Kier alpha value is -1.62. The zero-order valence-electron chi connectivity index (χ0n) is 12.1. The van der Waals surface area contributed by atoms with Gasteiger partial charge >= 0.3 is 0 Å². The van der Waals surface area contributed by atoms with E-state index in [-0.39, 0.29) is 0 Å². The quantitative estimate of drug-likeness (QED) is 0.823. The van der Waals surface area contributed by atoms with Gasteiger partial charge in [-0.15, -0.1) is 11.3 Å². The first kappa shape index (κ1) is 14.3. The van der Waals surface area contributed by atoms with Crippen molar-refractivity contribution in [2.45, 2.75) is 44.7 Å². The van der Waals surface area contributed by atoms with E-state index < -0.39 is 0 Å². The van der Waals surface area contributed by atoms with E-state index in [0.717, 1.165) is 38.8 Å². The second-order valence-electron chi connectivity index (χ2n) is 5.54. The van der Waals surface area contributed by atoms with Crippen molar-refractivity contribution in [2.24, 2.45) is 0 Å². The Balaban J connectivity index is 1.48. The standard InChI is InChI=1S/C16H21N3OS/c20-16(8-1-6-15-7-3-12-21-15)19-11-2-5-14(19)13-18-10-4-9-17-18/h3-4,7,9-10,12,14H,1-2,5-6,8,11,13H2/t14-/m1/s1. The van der Waals surface area contributed by atoms with E-state index in [0.29, 0.717) is 18.4 Å². The molecule has 0 spiro atoms. The Bertz CT molecular complexity index is 550. The summed E-state index contributed by atoms with van der Waals surface area (Å²) in [6.07, 6.45) is 8.60. The molecule has 0 aromatic carbocycles. The topological polar surface area (TPSA) is 38.1 Å². The summed E-state index contributed by atoms with van der Waals surface area (Å²) in [4.78, 5) is 15.9. The fourth-order valence-electron chi connectivity index (χ4n) is 2.99. The minimum Gasteiger partial charge on any atom is -0.338 e. The molecule has 1 aliphatic heterocycles. The normalized spacial score (nSPS) is 18.3. The lowest BCUT2D eigenvalue weighted by atomic mass is 10.1. The molecule has 1 saturated heterocycles. The van der Waals surface area contributed by atoms with E-state index in [9.17, 15) is 4.79 Å². The monoisotopic (exact) mass is 303 g/mol. The lowest BCUT2D eigenvalue weighted by Crippen LogP contribution is -2.38. The largest absolute Gasteiger partial charge is 0.338 e. The lowest BCUT2D eigenvalue weighted by Gasteiger charge is -2.24. The van der Waals surface area contributed by atoms with Crippen LogP contribution in [0.3, 0.4) is 0 Å². The summed E-state index contributed by atoms with van der Waals surface area (Å²) in [6, 6.07) is 6.47. The van der Waals surface area contributed by atoms with Gasteiger partial charge in [0.1, 0.15) is 0 Å². The zero-order valence-corrected chi connectivity index (χ0v) is 13.0. The number of aryl methyl sites for hydroxylation is 1. The molecule has 0 saturated carbocycles. The number of amides is 1. The fourth-order valence-corrected chi connectivity index (χ4v) is 3.74. The summed E-state index contributed by atoms with van der Waals surface area (Å²) in [5.74, 6) is 0.307. The van der Waals surface area contributed by atoms with Crippen molar-refractivity contribution in [1.82, 2.24) is 14.7 Å². The molecule has 1 amide bonds. The first-order chi connectivity index (χ1) is 10.3. The molecule has 112 valence electrons. The summed E-state index contributed by atoms with van der Waals surface area (Å²) in [6.45, 7) is 1.73. The van der Waals surface area contributed by atoms with Crippen LogP contribution in [-0.4, -0.2) is 33.2 Å². The number of likely N-dealkylation sites (tertiary alicyclic amines) is 1. The van der Waals surface area contributed by atoms with Gasteiger partial charge in [-0.3, -0.25) is 9.48 Å². The minimum atomic E-state index is 0.307. The van der Waals surface area contributed by atoms with Gasteiger partial charge in [0, 0.05) is 30.2 Å². The lowest BCUT2D eigenvalue weighted by molar-refractivity contribution is -0.132. The third-order valence-electron chi connectivity index (χ3n) is 4.05. The smallest absolute Gasteiger partial charge is 0.222 e. The Morgan fingerprint density at radius 2 is 2.38 bits per heavy atom. The summed E-state index contributed by atoms with van der Waals surface area (Å²) >= 11 is 1.77. The fraction of sp³-hybridized carbons (Fsp3) is 0.500. The number of thiophene rings is 1. The highest BCUT2D eigenvalue weighted by Crippen LogP contribution is 2.21. The van der Waals surface area contributed by atoms with Crippen LogP contribution < -0.4 is 0 Å². The highest BCUT2D eigenvalue weighted by molar-refractivity contribution is 7.09. The molecule has 1 atom stereocenters. The number of carbonyl (C=O) groups excluding carboxylic acids is 1. The third-order valence-corrected chi connectivity index (χ3v) is 4.98. The highest BCUT2D eigenvalue weighted by Gasteiger charge is 2.28. The number of hydrogen-bond donors (Lipinski definition) is 0. The van der Waals surface area contributed by atoms with Crippen LogP contribution in [0.1, 0.15) is 30.6 Å². The molecule has 2 aromatic rings. The number of hydrogen-bond acceptors (Lipinski definition) is 3. The highest BCUT2D eigenvalue weighted by atomic mass is 32.1. The van der Waals surface area contributed by atoms with Gasteiger partial charge in [-0.25, -0.2) is 0 Å². The molecule has 5 heteroatoms. The van der Waals surface area contributed by atoms with Crippen molar-refractivity contribution in [3.05, 3.63) is 40.8 Å². The first-order valence-corrected chi connectivity index (χ1v) is 8.50. The van der Waals surface area contributed by atoms with Gasteiger partial charge in [0.15, 0.2) is 0 Å². The maximum atomic E-state index is 12.4. The molecule has 21 heavy (non-hydrogen) atoms. The predicted octanol–water partition coefficient (Wildman–Crippen LogP) is 2.96. The molecular weight excluding hydrogens is 282 g/mol. The van der Waals surface area contributed by atoms with Crippen molar-refractivity contribution in [3.8, 4) is 0 Å². The van der Waals surface area contributed by atoms with Crippen LogP contribution in [0.5, 0.6) is 0 Å². The molecule has 1 aliphatic rings. The van der Waals surface area contributed by atoms with Crippen molar-refractivity contribution < 1.29 is 4.79 Å². The second kappa shape index (κ2) is 6.89. The van der Waals surface area contributed by atoms with Crippen LogP contribution in [0.25, 0.3) is 0 Å². The van der Waals surface area contributed by atoms with E-state index in [4.69, 9.17) is 0 Å². The molecule has 0 bridgehead atoms. The molecule has 0 aliphatic carbocycles. The van der Waals surface area contributed by atoms with Crippen LogP contribution in [0.15, 0.2) is 36.0 Å². The molecule has 0 radical (unpaired) electrons. The van der Waals surface area contributed by atoms with Gasteiger partial charge in [-0.2, -0.15) is 5.10 Å². The summed E-state index contributed by atoms with van der Waals surface area (Å²) in [7, 11) is 0. The van der Waals surface area contributed by atoms with Crippen molar-refractivity contribution in [2.75, 3.05) is 6.54 Å². The van der Waals surface area contributed by atoms with Crippen LogP contribution in [0, 0.1) is 0 Å². The molecule has 1 fully saturated rings. The second-order valence-corrected chi connectivity index (χ2v) is 6.58. The van der Waals surface area contributed by atoms with Crippen molar-refractivity contribution >= 4 is 17.2 Å². The van der Waals surface area contributed by atoms with Gasteiger partial charge < -0.3 is 4.90 Å². The van der Waals surface area contributed by atoms with Crippen LogP contribution in [0.4, 0.5) is 0 Å². The van der Waals surface area contributed by atoms with Gasteiger partial charge in [-0.1, -0.05) is 6.07 Å². The number of rotatable bonds is 6. The SMILES string of the molecule is O=C(CCCc1cccs1)N1CCC[C@@H]1Cn1cccn1. The Labute approximate surface area is 129 Å². The Kier molecular flexibility index (Phi) is 4.70. The predicted molar refractivity (Wildman–Crippen MR) is 84.2 cm³/mol. The number of nitrogens with zero attached hydrogens (tertiary/aromatic N) is 3. The van der Waals surface area contributed by atoms with Crippen LogP contribution in [0.2, 0.25) is 0 Å². The summed E-state index contributed by atoms with van der Waals surface area (Å²) in [5, 5.41) is 6.34. The number of carbonyl (C=O) groups is 1. The molecule has 2 aromatic heterocycles. The average molecular weight is 303 g/mol. The van der Waals surface area contributed by atoms with Crippen LogP contribution in [-0.2, 0) is 17.8 Å². The van der Waals surface area contributed by atoms with Gasteiger partial charge in [0.05, 0.1) is 12.6 Å². The van der Waals surface area contributed by atoms with E-state index in [1.54, 1.807) is 17.5 Å². The Morgan fingerprint density at radius 3 is 3.14 bits per heavy atom. The number of aromatic nitrogens is 2. The molecule has 3 heterocycles. The molecule has 0 N–H and O–H groups in total. The van der Waals surface area contributed by atoms with Gasteiger partial charge in [-0.05, 0) is 43.2 Å². The van der Waals surface area contributed by atoms with E-state index >= 15 is 0 Å². The third kappa shape index (κ3) is 3.73. The van der Waals surface area contributed by atoms with Gasteiger partial charge in [0.25, 0.3) is 0 Å². The Morgan fingerprint density at radius 1 is 1.43 bits per heavy atom. The molecule has 4 nitrogen and oxygen atoms in total. The maximum absolute atomic E-state index is 12.4. The van der Waals surface area contributed by atoms with E-state index in [1.807, 2.05) is 16.9 Å². The summed E-state index contributed by atoms with van der Waals surface area (Å²) in [5.41, 5.74) is 0. The van der Waals surface area contributed by atoms with E-state index in [2.05, 4.69) is 27.5 Å². The zero-order chi connectivity index (χ0) is 14.5. The minimum absolute atomic E-state index is 0.307. The maximum Gasteiger partial charge on any atom is 0.222 e. The molecular formula is C16H21N3OS. The van der Waals surface area contributed by atoms with Crippen LogP contribution >= 0.6 is 11.3 Å². The first-order valence-electron chi connectivity index (χ1n) is 7.62. The average Bonchev–Trinajstić information content (AvgIpc) is 3.20. The summed E-state index contributed by atoms with van der Waals surface area (Å²) < 4.78 is 1.93.